The maximum atomic E-state index is 3.58. The van der Waals surface area contributed by atoms with Gasteiger partial charge in [-0.3, -0.25) is 4.90 Å². The smallest absolute Gasteiger partial charge is 0.0224 e. The second-order valence-corrected chi connectivity index (χ2v) is 6.02. The van der Waals surface area contributed by atoms with E-state index in [0.29, 0.717) is 0 Å². The molecular formula is C15H30N2. The first-order chi connectivity index (χ1) is 8.33. The summed E-state index contributed by atoms with van der Waals surface area (Å²) in [6.45, 7) is 8.56. The summed E-state index contributed by atoms with van der Waals surface area (Å²) in [5.74, 6) is 0.975. The molecule has 2 rings (SSSR count). The van der Waals surface area contributed by atoms with Crippen LogP contribution < -0.4 is 5.32 Å². The van der Waals surface area contributed by atoms with Crippen molar-refractivity contribution in [1.82, 2.24) is 10.2 Å². The molecule has 2 fully saturated rings. The van der Waals surface area contributed by atoms with Crippen LogP contribution in [0.25, 0.3) is 0 Å². The molecule has 1 saturated heterocycles. The summed E-state index contributed by atoms with van der Waals surface area (Å²) in [6, 6.07) is 1.61. The molecule has 0 amide bonds. The van der Waals surface area contributed by atoms with E-state index in [9.17, 15) is 0 Å². The maximum Gasteiger partial charge on any atom is 0.0224 e. The summed E-state index contributed by atoms with van der Waals surface area (Å²) in [6.07, 6.45) is 9.96. The molecule has 0 aromatic rings. The van der Waals surface area contributed by atoms with Crippen LogP contribution in [0.15, 0.2) is 0 Å². The van der Waals surface area contributed by atoms with Crippen molar-refractivity contribution in [3.05, 3.63) is 0 Å². The van der Waals surface area contributed by atoms with E-state index in [1.54, 1.807) is 0 Å². The molecule has 17 heavy (non-hydrogen) atoms. The highest BCUT2D eigenvalue weighted by atomic mass is 15.2. The molecule has 1 aliphatic heterocycles. The third-order valence-electron chi connectivity index (χ3n) is 4.83. The number of piperidine rings is 1. The van der Waals surface area contributed by atoms with E-state index in [0.717, 1.165) is 18.0 Å². The van der Waals surface area contributed by atoms with Crippen LogP contribution in [0.1, 0.15) is 58.8 Å². The standard InChI is InChI=1S/C15H30N2/c1-3-11-17(15-9-6-10-16-12-15)13(2)14-7-4-5-8-14/h13-16H,3-12H2,1-2H3. The number of nitrogens with one attached hydrogen (secondary N) is 1. The second-order valence-electron chi connectivity index (χ2n) is 6.02. The fourth-order valence-electron chi connectivity index (χ4n) is 3.80. The summed E-state index contributed by atoms with van der Waals surface area (Å²) in [4.78, 5) is 2.82. The largest absolute Gasteiger partial charge is 0.315 e. The fraction of sp³-hybridized carbons (Fsp3) is 1.00. The molecule has 2 aliphatic rings. The van der Waals surface area contributed by atoms with Gasteiger partial charge in [-0.25, -0.2) is 0 Å². The average Bonchev–Trinajstić information content (AvgIpc) is 2.90. The number of rotatable bonds is 5. The van der Waals surface area contributed by atoms with Crippen molar-refractivity contribution in [2.75, 3.05) is 19.6 Å². The summed E-state index contributed by atoms with van der Waals surface area (Å²) in [7, 11) is 0. The highest BCUT2D eigenvalue weighted by molar-refractivity contribution is 4.86. The zero-order valence-electron chi connectivity index (χ0n) is 11.8. The van der Waals surface area contributed by atoms with E-state index in [2.05, 4.69) is 24.1 Å². The van der Waals surface area contributed by atoms with Gasteiger partial charge >= 0.3 is 0 Å². The lowest BCUT2D eigenvalue weighted by molar-refractivity contribution is 0.0868. The second kappa shape index (κ2) is 6.75. The van der Waals surface area contributed by atoms with Gasteiger partial charge in [-0.15, -0.1) is 0 Å². The number of hydrogen-bond donors (Lipinski definition) is 1. The van der Waals surface area contributed by atoms with Crippen molar-refractivity contribution in [2.45, 2.75) is 70.9 Å². The molecule has 2 atom stereocenters. The zero-order valence-corrected chi connectivity index (χ0v) is 11.8. The van der Waals surface area contributed by atoms with Crippen molar-refractivity contribution in [3.63, 3.8) is 0 Å². The monoisotopic (exact) mass is 238 g/mol. The van der Waals surface area contributed by atoms with Crippen LogP contribution in [0, 0.1) is 5.92 Å². The van der Waals surface area contributed by atoms with E-state index >= 15 is 0 Å². The van der Waals surface area contributed by atoms with Crippen LogP contribution in [0.5, 0.6) is 0 Å². The van der Waals surface area contributed by atoms with Crippen LogP contribution in [-0.2, 0) is 0 Å². The minimum Gasteiger partial charge on any atom is -0.315 e. The van der Waals surface area contributed by atoms with Crippen molar-refractivity contribution < 1.29 is 0 Å². The minimum absolute atomic E-state index is 0.805. The van der Waals surface area contributed by atoms with E-state index in [1.807, 2.05) is 0 Å². The van der Waals surface area contributed by atoms with Crippen LogP contribution in [0.2, 0.25) is 0 Å². The predicted octanol–water partition coefficient (Wildman–Crippen LogP) is 3.03. The van der Waals surface area contributed by atoms with E-state index in [1.165, 1.54) is 64.6 Å². The normalized spacial score (nSPS) is 28.8. The first-order valence-electron chi connectivity index (χ1n) is 7.79. The molecule has 1 saturated carbocycles. The minimum atomic E-state index is 0.805. The Morgan fingerprint density at radius 3 is 2.53 bits per heavy atom. The molecule has 2 nitrogen and oxygen atoms in total. The lowest BCUT2D eigenvalue weighted by Gasteiger charge is -2.41. The molecule has 2 unspecified atom stereocenters. The van der Waals surface area contributed by atoms with Crippen LogP contribution in [0.4, 0.5) is 0 Å². The molecule has 100 valence electrons. The first kappa shape index (κ1) is 13.4. The Bertz CT molecular complexity index is 205. The quantitative estimate of drug-likeness (QED) is 0.792. The van der Waals surface area contributed by atoms with Gasteiger partial charge in [-0.05, 0) is 58.0 Å². The maximum absolute atomic E-state index is 3.58. The fourth-order valence-corrected chi connectivity index (χ4v) is 3.80. The van der Waals surface area contributed by atoms with Gasteiger partial charge < -0.3 is 5.32 Å². The molecular weight excluding hydrogens is 208 g/mol. The van der Waals surface area contributed by atoms with Gasteiger partial charge in [0.25, 0.3) is 0 Å². The topological polar surface area (TPSA) is 15.3 Å². The van der Waals surface area contributed by atoms with Gasteiger partial charge in [0.1, 0.15) is 0 Å². The molecule has 1 N–H and O–H groups in total. The van der Waals surface area contributed by atoms with Gasteiger partial charge in [0.05, 0.1) is 0 Å². The zero-order chi connectivity index (χ0) is 12.1. The van der Waals surface area contributed by atoms with Gasteiger partial charge in [0.2, 0.25) is 0 Å². The molecule has 2 heteroatoms. The van der Waals surface area contributed by atoms with Crippen LogP contribution in [0.3, 0.4) is 0 Å². The van der Waals surface area contributed by atoms with Crippen molar-refractivity contribution in [1.29, 1.82) is 0 Å². The van der Waals surface area contributed by atoms with E-state index in [4.69, 9.17) is 0 Å². The highest BCUT2D eigenvalue weighted by Crippen LogP contribution is 2.31. The summed E-state index contributed by atoms with van der Waals surface area (Å²) in [5.41, 5.74) is 0. The van der Waals surface area contributed by atoms with Crippen molar-refractivity contribution in [3.8, 4) is 0 Å². The van der Waals surface area contributed by atoms with Gasteiger partial charge in [0.15, 0.2) is 0 Å². The Balaban J connectivity index is 1.93. The summed E-state index contributed by atoms with van der Waals surface area (Å²) >= 11 is 0. The Labute approximate surface area is 107 Å². The number of hydrogen-bond acceptors (Lipinski definition) is 2. The van der Waals surface area contributed by atoms with Crippen LogP contribution >= 0.6 is 0 Å². The molecule has 1 aliphatic carbocycles. The van der Waals surface area contributed by atoms with Gasteiger partial charge in [-0.1, -0.05) is 19.8 Å². The molecule has 0 aromatic heterocycles. The van der Waals surface area contributed by atoms with Gasteiger partial charge in [-0.2, -0.15) is 0 Å². The molecule has 0 bridgehead atoms. The average molecular weight is 238 g/mol. The van der Waals surface area contributed by atoms with Crippen molar-refractivity contribution in [2.24, 2.45) is 5.92 Å². The summed E-state index contributed by atoms with van der Waals surface area (Å²) < 4.78 is 0. The van der Waals surface area contributed by atoms with Gasteiger partial charge in [0, 0.05) is 18.6 Å². The third-order valence-corrected chi connectivity index (χ3v) is 4.83. The molecule has 1 heterocycles. The lowest BCUT2D eigenvalue weighted by atomic mass is 9.94. The van der Waals surface area contributed by atoms with Crippen molar-refractivity contribution >= 4 is 0 Å². The van der Waals surface area contributed by atoms with E-state index < -0.39 is 0 Å². The SMILES string of the molecule is CCCN(C1CCCNC1)C(C)C1CCCC1. The Morgan fingerprint density at radius 1 is 1.18 bits per heavy atom. The Hall–Kier alpha value is -0.0800. The molecule has 0 aromatic carbocycles. The highest BCUT2D eigenvalue weighted by Gasteiger charge is 2.30. The van der Waals surface area contributed by atoms with E-state index in [-0.39, 0.29) is 0 Å². The Morgan fingerprint density at radius 2 is 1.94 bits per heavy atom. The Kier molecular flexibility index (Phi) is 5.30. The predicted molar refractivity (Wildman–Crippen MR) is 74.3 cm³/mol. The lowest BCUT2D eigenvalue weighted by Crippen LogP contribution is -2.51. The molecule has 0 spiro atoms. The third kappa shape index (κ3) is 3.45. The first-order valence-corrected chi connectivity index (χ1v) is 7.79. The number of nitrogens with zero attached hydrogens (tertiary/aromatic N) is 1. The molecule has 0 radical (unpaired) electrons. The van der Waals surface area contributed by atoms with Crippen LogP contribution in [-0.4, -0.2) is 36.6 Å². The summed E-state index contributed by atoms with van der Waals surface area (Å²) in [5, 5.41) is 3.58.